The highest BCUT2D eigenvalue weighted by Gasteiger charge is 2.10. The first-order chi connectivity index (χ1) is 9.58. The average molecular weight is 286 g/mol. The standard InChI is InChI=1S/C17H16ClNO/c1-12(2)14-9-6-10-15(17(14)18)19-16(20)11-13-7-4-3-5-8-13/h3-10H,1,11H2,2H3,(H,19,20). The summed E-state index contributed by atoms with van der Waals surface area (Å²) in [4.78, 5) is 12.0. The van der Waals surface area contributed by atoms with E-state index in [1.54, 1.807) is 6.07 Å². The quantitative estimate of drug-likeness (QED) is 0.877. The lowest BCUT2D eigenvalue weighted by Gasteiger charge is -2.11. The summed E-state index contributed by atoms with van der Waals surface area (Å²) in [6, 6.07) is 15.1. The molecule has 0 atom stereocenters. The second kappa shape index (κ2) is 6.40. The number of rotatable bonds is 4. The predicted octanol–water partition coefficient (Wildman–Crippen LogP) is 4.55. The van der Waals surface area contributed by atoms with Crippen LogP contribution < -0.4 is 5.32 Å². The zero-order valence-corrected chi connectivity index (χ0v) is 12.1. The summed E-state index contributed by atoms with van der Waals surface area (Å²) in [7, 11) is 0. The first-order valence-corrected chi connectivity index (χ1v) is 6.74. The minimum atomic E-state index is -0.0861. The van der Waals surface area contributed by atoms with Crippen LogP contribution in [0.4, 0.5) is 5.69 Å². The third-order valence-electron chi connectivity index (χ3n) is 2.94. The second-order valence-corrected chi connectivity index (χ2v) is 5.04. The lowest BCUT2D eigenvalue weighted by atomic mass is 10.1. The fourth-order valence-electron chi connectivity index (χ4n) is 1.93. The third kappa shape index (κ3) is 3.49. The van der Waals surface area contributed by atoms with Gasteiger partial charge in [0.05, 0.1) is 17.1 Å². The number of hydrogen-bond acceptors (Lipinski definition) is 1. The molecule has 0 aliphatic carbocycles. The first kappa shape index (κ1) is 14.4. The van der Waals surface area contributed by atoms with Crippen LogP contribution in [0.15, 0.2) is 55.1 Å². The minimum absolute atomic E-state index is 0.0861. The molecule has 0 bridgehead atoms. The summed E-state index contributed by atoms with van der Waals surface area (Å²) in [6.07, 6.45) is 0.328. The van der Waals surface area contributed by atoms with Crippen molar-refractivity contribution in [3.8, 4) is 0 Å². The van der Waals surface area contributed by atoms with Gasteiger partial charge in [-0.2, -0.15) is 0 Å². The van der Waals surface area contributed by atoms with Crippen LogP contribution in [-0.2, 0) is 11.2 Å². The molecule has 1 amide bonds. The van der Waals surface area contributed by atoms with Crippen molar-refractivity contribution in [3.05, 3.63) is 71.3 Å². The molecule has 2 rings (SSSR count). The van der Waals surface area contributed by atoms with Crippen LogP contribution >= 0.6 is 11.6 Å². The molecule has 0 aliphatic heterocycles. The number of benzene rings is 2. The molecule has 0 aliphatic rings. The lowest BCUT2D eigenvalue weighted by molar-refractivity contribution is -0.115. The Balaban J connectivity index is 2.12. The van der Waals surface area contributed by atoms with Crippen molar-refractivity contribution in [2.75, 3.05) is 5.32 Å². The molecule has 0 fully saturated rings. The van der Waals surface area contributed by atoms with Gasteiger partial charge in [0.15, 0.2) is 0 Å². The van der Waals surface area contributed by atoms with Gasteiger partial charge in [-0.05, 0) is 29.7 Å². The van der Waals surface area contributed by atoms with Crippen molar-refractivity contribution in [3.63, 3.8) is 0 Å². The molecule has 0 saturated carbocycles. The van der Waals surface area contributed by atoms with E-state index in [1.165, 1.54) is 0 Å². The first-order valence-electron chi connectivity index (χ1n) is 6.36. The number of anilines is 1. The molecule has 0 saturated heterocycles. The highest BCUT2D eigenvalue weighted by molar-refractivity contribution is 6.35. The van der Waals surface area contributed by atoms with E-state index >= 15 is 0 Å². The lowest BCUT2D eigenvalue weighted by Crippen LogP contribution is -2.14. The largest absolute Gasteiger partial charge is 0.324 e. The molecule has 102 valence electrons. The van der Waals surface area contributed by atoms with E-state index < -0.39 is 0 Å². The Kier molecular flexibility index (Phi) is 4.59. The van der Waals surface area contributed by atoms with E-state index in [2.05, 4.69) is 11.9 Å². The normalized spacial score (nSPS) is 10.1. The van der Waals surface area contributed by atoms with Crippen LogP contribution in [0.25, 0.3) is 5.57 Å². The second-order valence-electron chi connectivity index (χ2n) is 4.66. The van der Waals surface area contributed by atoms with Gasteiger partial charge in [-0.3, -0.25) is 4.79 Å². The van der Waals surface area contributed by atoms with Crippen LogP contribution in [0.5, 0.6) is 0 Å². The molecular formula is C17H16ClNO. The van der Waals surface area contributed by atoms with E-state index in [0.29, 0.717) is 17.1 Å². The van der Waals surface area contributed by atoms with Gasteiger partial charge in [-0.25, -0.2) is 0 Å². The van der Waals surface area contributed by atoms with E-state index in [-0.39, 0.29) is 5.91 Å². The molecule has 0 heterocycles. The highest BCUT2D eigenvalue weighted by Crippen LogP contribution is 2.30. The molecule has 3 heteroatoms. The average Bonchev–Trinajstić information content (AvgIpc) is 2.42. The molecule has 0 unspecified atom stereocenters. The van der Waals surface area contributed by atoms with Crippen LogP contribution in [0.3, 0.4) is 0 Å². The smallest absolute Gasteiger partial charge is 0.228 e. The van der Waals surface area contributed by atoms with Crippen LogP contribution in [-0.4, -0.2) is 5.91 Å². The van der Waals surface area contributed by atoms with Crippen LogP contribution in [0, 0.1) is 0 Å². The number of carbonyl (C=O) groups is 1. The Bertz CT molecular complexity index is 635. The minimum Gasteiger partial charge on any atom is -0.324 e. The van der Waals surface area contributed by atoms with Gasteiger partial charge in [0.1, 0.15) is 0 Å². The van der Waals surface area contributed by atoms with Crippen molar-refractivity contribution in [1.29, 1.82) is 0 Å². The van der Waals surface area contributed by atoms with Gasteiger partial charge >= 0.3 is 0 Å². The number of halogens is 1. The van der Waals surface area contributed by atoms with Gasteiger partial charge in [-0.15, -0.1) is 0 Å². The Morgan fingerprint density at radius 1 is 1.15 bits per heavy atom. The maximum absolute atomic E-state index is 12.0. The summed E-state index contributed by atoms with van der Waals surface area (Å²) in [5.74, 6) is -0.0861. The van der Waals surface area contributed by atoms with Gasteiger partial charge in [0, 0.05) is 0 Å². The molecule has 2 nitrogen and oxygen atoms in total. The van der Waals surface area contributed by atoms with Crippen molar-refractivity contribution in [2.45, 2.75) is 13.3 Å². The number of hydrogen-bond donors (Lipinski definition) is 1. The predicted molar refractivity (Wildman–Crippen MR) is 84.9 cm³/mol. The Morgan fingerprint density at radius 2 is 1.85 bits per heavy atom. The third-order valence-corrected chi connectivity index (χ3v) is 3.35. The van der Waals surface area contributed by atoms with Crippen LogP contribution in [0.2, 0.25) is 5.02 Å². The Morgan fingerprint density at radius 3 is 2.50 bits per heavy atom. The maximum atomic E-state index is 12.0. The van der Waals surface area contributed by atoms with Crippen molar-refractivity contribution < 1.29 is 4.79 Å². The molecule has 2 aromatic rings. The summed E-state index contributed by atoms with van der Waals surface area (Å²) < 4.78 is 0. The van der Waals surface area contributed by atoms with Gasteiger partial charge < -0.3 is 5.32 Å². The summed E-state index contributed by atoms with van der Waals surface area (Å²) in [6.45, 7) is 5.76. The van der Waals surface area contributed by atoms with Gasteiger partial charge in [0.2, 0.25) is 5.91 Å². The number of allylic oxidation sites excluding steroid dienone is 1. The number of amides is 1. The summed E-state index contributed by atoms with van der Waals surface area (Å²) in [5.41, 5.74) is 3.31. The summed E-state index contributed by atoms with van der Waals surface area (Å²) in [5, 5.41) is 3.37. The highest BCUT2D eigenvalue weighted by atomic mass is 35.5. The molecule has 1 N–H and O–H groups in total. The molecule has 0 aromatic heterocycles. The fraction of sp³-hybridized carbons (Fsp3) is 0.118. The molecular weight excluding hydrogens is 270 g/mol. The van der Waals surface area contributed by atoms with Crippen molar-refractivity contribution in [2.24, 2.45) is 0 Å². The van der Waals surface area contributed by atoms with E-state index in [1.807, 2.05) is 49.4 Å². The summed E-state index contributed by atoms with van der Waals surface area (Å²) >= 11 is 6.28. The van der Waals surface area contributed by atoms with E-state index in [0.717, 1.165) is 16.7 Å². The maximum Gasteiger partial charge on any atom is 0.228 e. The van der Waals surface area contributed by atoms with Gasteiger partial charge in [-0.1, -0.05) is 60.6 Å². The Hall–Kier alpha value is -2.06. The zero-order valence-electron chi connectivity index (χ0n) is 11.3. The van der Waals surface area contributed by atoms with Crippen molar-refractivity contribution >= 4 is 28.8 Å². The topological polar surface area (TPSA) is 29.1 Å². The fourth-order valence-corrected chi connectivity index (χ4v) is 2.27. The molecule has 0 spiro atoms. The van der Waals surface area contributed by atoms with E-state index in [9.17, 15) is 4.79 Å². The SMILES string of the molecule is C=C(C)c1cccc(NC(=O)Cc2ccccc2)c1Cl. The zero-order chi connectivity index (χ0) is 14.5. The monoisotopic (exact) mass is 285 g/mol. The Labute approximate surface area is 124 Å². The van der Waals surface area contributed by atoms with E-state index in [4.69, 9.17) is 11.6 Å². The molecule has 2 aromatic carbocycles. The molecule has 0 radical (unpaired) electrons. The van der Waals surface area contributed by atoms with Crippen LogP contribution in [0.1, 0.15) is 18.1 Å². The van der Waals surface area contributed by atoms with Crippen molar-refractivity contribution in [1.82, 2.24) is 0 Å². The number of nitrogens with one attached hydrogen (secondary N) is 1. The molecule has 20 heavy (non-hydrogen) atoms. The van der Waals surface area contributed by atoms with Gasteiger partial charge in [0.25, 0.3) is 0 Å². The number of carbonyl (C=O) groups excluding carboxylic acids is 1.